The lowest BCUT2D eigenvalue weighted by Gasteiger charge is -2.34. The van der Waals surface area contributed by atoms with Crippen LogP contribution in [0.1, 0.15) is 30.1 Å². The van der Waals surface area contributed by atoms with Crippen LogP contribution in [0.3, 0.4) is 0 Å². The molecule has 2 aromatic carbocycles. The molecule has 6 rings (SSSR count). The van der Waals surface area contributed by atoms with E-state index in [0.717, 1.165) is 31.7 Å². The van der Waals surface area contributed by atoms with Gasteiger partial charge in [0.2, 0.25) is 0 Å². The van der Waals surface area contributed by atoms with E-state index in [1.54, 1.807) is 31.6 Å². The summed E-state index contributed by atoms with van der Waals surface area (Å²) in [4.78, 5) is 37.0. The van der Waals surface area contributed by atoms with Crippen molar-refractivity contribution in [3.63, 3.8) is 0 Å². The third kappa shape index (κ3) is 4.94. The molecule has 2 aromatic heterocycles. The number of halogens is 1. The van der Waals surface area contributed by atoms with Crippen molar-refractivity contribution in [2.45, 2.75) is 31.9 Å². The molecule has 202 valence electrons. The molecule has 11 nitrogen and oxygen atoms in total. The topological polar surface area (TPSA) is 126 Å². The van der Waals surface area contributed by atoms with Gasteiger partial charge in [0.25, 0.3) is 11.8 Å². The Hall–Kier alpha value is -4.32. The van der Waals surface area contributed by atoms with E-state index >= 15 is 0 Å². The largest absolute Gasteiger partial charge is 0.450 e. The highest BCUT2D eigenvalue weighted by Crippen LogP contribution is 2.31. The van der Waals surface area contributed by atoms with Crippen molar-refractivity contribution in [1.82, 2.24) is 30.4 Å². The quantitative estimate of drug-likeness (QED) is 0.358. The van der Waals surface area contributed by atoms with Gasteiger partial charge >= 0.3 is 6.01 Å². The number of rotatable bonds is 5. The number of nitrogens with one attached hydrogen (secondary N) is 3. The van der Waals surface area contributed by atoms with E-state index < -0.39 is 17.8 Å². The highest BCUT2D eigenvalue weighted by molar-refractivity contribution is 6.14. The van der Waals surface area contributed by atoms with Crippen molar-refractivity contribution in [3.05, 3.63) is 48.0 Å². The van der Waals surface area contributed by atoms with Crippen molar-refractivity contribution in [2.75, 3.05) is 36.4 Å². The zero-order valence-corrected chi connectivity index (χ0v) is 21.7. The van der Waals surface area contributed by atoms with Gasteiger partial charge in [-0.3, -0.25) is 14.3 Å². The number of anilines is 2. The Balaban J connectivity index is 1.38. The second-order valence-corrected chi connectivity index (χ2v) is 10.0. The van der Waals surface area contributed by atoms with Gasteiger partial charge < -0.3 is 25.6 Å². The standard InChI is InChI=1S/C27H29FN8O3/c1-15-13-36(9-8-29-15)21-6-5-18(25(37)32-17-10-16-14-35(2)34-23(16)20(28)11-17)24-19(21)12-31-27(33-24)39-22-4-3-7-30-26(22)38/h5-6,10-12,14-15,22,29H,3-4,7-9,13H2,1-2H3,(H,30,38)(H,32,37). The van der Waals surface area contributed by atoms with Gasteiger partial charge in [-0.25, -0.2) is 9.37 Å². The normalized spacial score (nSPS) is 19.8. The molecule has 12 heteroatoms. The summed E-state index contributed by atoms with van der Waals surface area (Å²) in [5, 5.41) is 14.4. The maximum atomic E-state index is 14.7. The van der Waals surface area contributed by atoms with Crippen LogP contribution in [0.15, 0.2) is 36.7 Å². The van der Waals surface area contributed by atoms with Crippen molar-refractivity contribution >= 4 is 45.0 Å². The predicted molar refractivity (Wildman–Crippen MR) is 145 cm³/mol. The Labute approximate surface area is 223 Å². The lowest BCUT2D eigenvalue weighted by atomic mass is 10.1. The monoisotopic (exact) mass is 532 g/mol. The van der Waals surface area contributed by atoms with E-state index in [2.05, 4.69) is 42.8 Å². The minimum atomic E-state index is -0.695. The molecule has 39 heavy (non-hydrogen) atoms. The van der Waals surface area contributed by atoms with Gasteiger partial charge in [0, 0.05) is 73.8 Å². The molecule has 2 unspecified atom stereocenters. The number of aromatic nitrogens is 4. The van der Waals surface area contributed by atoms with Gasteiger partial charge in [-0.05, 0) is 44.0 Å². The van der Waals surface area contributed by atoms with Crippen molar-refractivity contribution < 1.29 is 18.7 Å². The number of ether oxygens (including phenoxy) is 1. The first-order valence-corrected chi connectivity index (χ1v) is 13.0. The van der Waals surface area contributed by atoms with Gasteiger partial charge in [-0.15, -0.1) is 0 Å². The molecular formula is C27H29FN8O3. The summed E-state index contributed by atoms with van der Waals surface area (Å²) >= 11 is 0. The van der Waals surface area contributed by atoms with Crippen molar-refractivity contribution in [2.24, 2.45) is 7.05 Å². The first-order chi connectivity index (χ1) is 18.9. The number of hydrogen-bond acceptors (Lipinski definition) is 8. The summed E-state index contributed by atoms with van der Waals surface area (Å²) in [6.07, 6.45) is 3.98. The van der Waals surface area contributed by atoms with Crippen LogP contribution in [0.2, 0.25) is 0 Å². The van der Waals surface area contributed by atoms with Crippen LogP contribution in [0.5, 0.6) is 6.01 Å². The molecule has 0 bridgehead atoms. The zero-order chi connectivity index (χ0) is 27.1. The maximum Gasteiger partial charge on any atom is 0.317 e. The molecule has 2 atom stereocenters. The van der Waals surface area contributed by atoms with Crippen LogP contribution in [0.4, 0.5) is 15.8 Å². The first-order valence-electron chi connectivity index (χ1n) is 13.0. The van der Waals surface area contributed by atoms with Gasteiger partial charge in [-0.1, -0.05) is 0 Å². The first kappa shape index (κ1) is 25.0. The summed E-state index contributed by atoms with van der Waals surface area (Å²) in [6.45, 7) is 5.12. The number of carbonyl (C=O) groups is 2. The molecule has 2 aliphatic rings. The Morgan fingerprint density at radius 2 is 2.10 bits per heavy atom. The van der Waals surface area contributed by atoms with Crippen molar-refractivity contribution in [1.29, 1.82) is 0 Å². The van der Waals surface area contributed by atoms with Gasteiger partial charge in [-0.2, -0.15) is 10.1 Å². The molecule has 2 aliphatic heterocycles. The highest BCUT2D eigenvalue weighted by Gasteiger charge is 2.26. The second kappa shape index (κ2) is 10.1. The average molecular weight is 533 g/mol. The summed E-state index contributed by atoms with van der Waals surface area (Å²) in [6, 6.07) is 6.83. The molecule has 0 radical (unpaired) electrons. The van der Waals surface area contributed by atoms with E-state index in [4.69, 9.17) is 4.74 Å². The summed E-state index contributed by atoms with van der Waals surface area (Å²) in [5.74, 6) is -1.19. The molecule has 4 heterocycles. The molecular weight excluding hydrogens is 503 g/mol. The molecule has 0 spiro atoms. The molecule has 2 saturated heterocycles. The van der Waals surface area contributed by atoms with Crippen molar-refractivity contribution in [3.8, 4) is 6.01 Å². The lowest BCUT2D eigenvalue weighted by molar-refractivity contribution is -0.130. The molecule has 2 amide bonds. The maximum absolute atomic E-state index is 14.7. The van der Waals surface area contributed by atoms with E-state index in [9.17, 15) is 14.0 Å². The number of nitrogens with zero attached hydrogens (tertiary/aromatic N) is 5. The van der Waals surface area contributed by atoms with Crippen LogP contribution in [-0.2, 0) is 11.8 Å². The Kier molecular flexibility index (Phi) is 6.47. The number of fused-ring (bicyclic) bond motifs is 2. The zero-order valence-electron chi connectivity index (χ0n) is 21.7. The Morgan fingerprint density at radius 1 is 1.23 bits per heavy atom. The minimum absolute atomic E-state index is 0.0206. The second-order valence-electron chi connectivity index (χ2n) is 10.0. The number of piperidine rings is 1. The average Bonchev–Trinajstić information content (AvgIpc) is 3.30. The van der Waals surface area contributed by atoms with Crippen LogP contribution in [0.25, 0.3) is 21.8 Å². The molecule has 4 aromatic rings. The van der Waals surface area contributed by atoms with Crippen LogP contribution in [0, 0.1) is 5.82 Å². The van der Waals surface area contributed by atoms with Crippen LogP contribution >= 0.6 is 0 Å². The number of hydrogen-bond donors (Lipinski definition) is 3. The smallest absolute Gasteiger partial charge is 0.317 e. The Bertz CT molecular complexity index is 1590. The number of carbonyl (C=O) groups excluding carboxylic acids is 2. The molecule has 0 aliphatic carbocycles. The van der Waals surface area contributed by atoms with E-state index in [1.807, 2.05) is 6.07 Å². The number of aryl methyl sites for hydroxylation is 1. The van der Waals surface area contributed by atoms with Gasteiger partial charge in [0.15, 0.2) is 11.9 Å². The highest BCUT2D eigenvalue weighted by atomic mass is 19.1. The number of amides is 2. The molecule has 0 saturated carbocycles. The van der Waals surface area contributed by atoms with E-state index in [0.29, 0.717) is 41.0 Å². The summed E-state index contributed by atoms with van der Waals surface area (Å²) in [7, 11) is 1.71. The van der Waals surface area contributed by atoms with E-state index in [-0.39, 0.29) is 23.0 Å². The third-order valence-electron chi connectivity index (χ3n) is 7.08. The van der Waals surface area contributed by atoms with Gasteiger partial charge in [0.1, 0.15) is 5.52 Å². The van der Waals surface area contributed by atoms with E-state index in [1.165, 1.54) is 10.7 Å². The Morgan fingerprint density at radius 3 is 2.92 bits per heavy atom. The summed E-state index contributed by atoms with van der Waals surface area (Å²) < 4.78 is 22.0. The third-order valence-corrected chi connectivity index (χ3v) is 7.08. The minimum Gasteiger partial charge on any atom is -0.450 e. The number of benzene rings is 2. The lowest BCUT2D eigenvalue weighted by Crippen LogP contribution is -2.49. The SMILES string of the molecule is CC1CN(c2ccc(C(=O)Nc3cc(F)c4nn(C)cc4c3)c3nc(OC4CCCNC4=O)ncc23)CCN1. The van der Waals surface area contributed by atoms with Crippen LogP contribution < -0.4 is 25.6 Å². The molecule has 2 fully saturated rings. The molecule has 3 N–H and O–H groups in total. The summed E-state index contributed by atoms with van der Waals surface area (Å²) in [5.41, 5.74) is 2.11. The fourth-order valence-corrected chi connectivity index (χ4v) is 5.22. The fraction of sp³-hybridized carbons (Fsp3) is 0.370. The van der Waals surface area contributed by atoms with Gasteiger partial charge in [0.05, 0.1) is 11.1 Å². The fourth-order valence-electron chi connectivity index (χ4n) is 5.22. The number of piperazine rings is 1. The predicted octanol–water partition coefficient (Wildman–Crippen LogP) is 2.36. The van der Waals surface area contributed by atoms with Crippen LogP contribution in [-0.4, -0.2) is 69.9 Å².